The summed E-state index contributed by atoms with van der Waals surface area (Å²) in [6.07, 6.45) is 3.00. The fourth-order valence-electron chi connectivity index (χ4n) is 3.51. The van der Waals surface area contributed by atoms with Crippen molar-refractivity contribution >= 4 is 17.5 Å². The van der Waals surface area contributed by atoms with Crippen molar-refractivity contribution in [3.05, 3.63) is 46.0 Å². The van der Waals surface area contributed by atoms with Crippen molar-refractivity contribution in [3.63, 3.8) is 0 Å². The summed E-state index contributed by atoms with van der Waals surface area (Å²) in [4.78, 5) is 23.3. The molecule has 176 valence electrons. The summed E-state index contributed by atoms with van der Waals surface area (Å²) in [5.41, 5.74) is 4.65. The lowest BCUT2D eigenvalue weighted by Gasteiger charge is -2.21. The van der Waals surface area contributed by atoms with Gasteiger partial charge in [-0.05, 0) is 63.6 Å². The minimum absolute atomic E-state index is 0.0976. The number of nitrogens with one attached hydrogen (secondary N) is 2. The van der Waals surface area contributed by atoms with Crippen LogP contribution in [0.15, 0.2) is 29.3 Å². The zero-order chi connectivity index (χ0) is 23.5. The molecule has 1 atom stereocenters. The second-order valence-electron chi connectivity index (χ2n) is 10.6. The number of hydrogen-bond acceptors (Lipinski definition) is 4. The van der Waals surface area contributed by atoms with Crippen molar-refractivity contribution in [2.45, 2.75) is 79.0 Å². The van der Waals surface area contributed by atoms with Crippen LogP contribution in [-0.2, 0) is 17.7 Å². The number of aromatic nitrogens is 2. The van der Waals surface area contributed by atoms with Gasteiger partial charge >= 0.3 is 0 Å². The number of benzene rings is 1. The summed E-state index contributed by atoms with van der Waals surface area (Å²) in [5, 5.41) is 3.86. The van der Waals surface area contributed by atoms with E-state index >= 15 is 0 Å². The van der Waals surface area contributed by atoms with E-state index in [1.807, 2.05) is 31.5 Å². The number of carbonyl (C=O) groups is 1. The van der Waals surface area contributed by atoms with Crippen LogP contribution in [0.25, 0.3) is 0 Å². The Morgan fingerprint density at radius 1 is 1.28 bits per heavy atom. The molecular formula is C24H35ClN4O3. The zero-order valence-corrected chi connectivity index (χ0v) is 20.7. The number of amides is 1. The first-order chi connectivity index (χ1) is 14.9. The normalized spacial score (nSPS) is 17.7. The van der Waals surface area contributed by atoms with Crippen molar-refractivity contribution in [1.82, 2.24) is 15.3 Å². The number of hydroxylamine groups is 1. The fraction of sp³-hybridized carbons (Fsp3) is 0.583. The first kappa shape index (κ1) is 24.6. The van der Waals surface area contributed by atoms with E-state index in [2.05, 4.69) is 36.3 Å². The Morgan fingerprint density at radius 3 is 2.66 bits per heavy atom. The predicted molar refractivity (Wildman–Crippen MR) is 126 cm³/mol. The Morgan fingerprint density at radius 2 is 2.03 bits per heavy atom. The highest BCUT2D eigenvalue weighted by molar-refractivity contribution is 6.31. The van der Waals surface area contributed by atoms with Gasteiger partial charge < -0.3 is 14.7 Å². The van der Waals surface area contributed by atoms with Crippen LogP contribution in [0.4, 0.5) is 0 Å². The molecule has 1 aliphatic heterocycles. The Bertz CT molecular complexity index is 1010. The molecule has 2 aromatic rings. The number of ether oxygens (including phenoxy) is 1. The molecule has 1 amide bonds. The molecule has 7 nitrogen and oxygen atoms in total. The summed E-state index contributed by atoms with van der Waals surface area (Å²) >= 11 is 6.18. The van der Waals surface area contributed by atoms with Gasteiger partial charge in [0.1, 0.15) is 0 Å². The third-order valence-electron chi connectivity index (χ3n) is 4.84. The van der Waals surface area contributed by atoms with Crippen LogP contribution in [0.3, 0.4) is 0 Å². The van der Waals surface area contributed by atoms with E-state index < -0.39 is 5.91 Å². The van der Waals surface area contributed by atoms with E-state index in [0.29, 0.717) is 28.4 Å². The molecule has 0 aliphatic carbocycles. The van der Waals surface area contributed by atoms with Crippen LogP contribution >= 0.6 is 11.6 Å². The average molecular weight is 463 g/mol. The largest absolute Gasteiger partial charge is 0.407 e. The number of carbonyl (C=O) groups excluding carboxylic acids is 1. The molecule has 0 unspecified atom stereocenters. The highest BCUT2D eigenvalue weighted by atomic mass is 35.5. The third-order valence-corrected chi connectivity index (χ3v) is 5.08. The molecule has 8 heteroatoms. The van der Waals surface area contributed by atoms with E-state index in [9.17, 15) is 4.79 Å². The maximum atomic E-state index is 13.2. The summed E-state index contributed by atoms with van der Waals surface area (Å²) in [5.74, 6) is -0.0326. The number of hydrogen-bond donors (Lipinski definition) is 2. The molecule has 1 aliphatic rings. The van der Waals surface area contributed by atoms with Crippen LogP contribution in [0.5, 0.6) is 5.75 Å². The van der Waals surface area contributed by atoms with Gasteiger partial charge in [0.2, 0.25) is 0 Å². The lowest BCUT2D eigenvalue weighted by molar-refractivity contribution is 0.0912. The Labute approximate surface area is 195 Å². The third kappa shape index (κ3) is 7.22. The quantitative estimate of drug-likeness (QED) is 0.612. The Balaban J connectivity index is 1.95. The van der Waals surface area contributed by atoms with Crippen molar-refractivity contribution in [2.75, 3.05) is 6.61 Å². The minimum atomic E-state index is -0.416. The molecule has 2 N–H and O–H groups in total. The van der Waals surface area contributed by atoms with E-state index in [0.717, 1.165) is 31.6 Å². The topological polar surface area (TPSA) is 80.6 Å². The molecule has 3 rings (SSSR count). The SMILES string of the molecule is CC(C)(C)Cc1cc(=NC(=O)c2cc(Cl)ccc2ONC(C)(C)C)n(C[C@H]2CCCO2)[nH]1. The van der Waals surface area contributed by atoms with Gasteiger partial charge in [0, 0.05) is 28.9 Å². The monoisotopic (exact) mass is 462 g/mol. The van der Waals surface area contributed by atoms with Gasteiger partial charge in [-0.1, -0.05) is 32.4 Å². The standard InChI is InChI=1S/C24H35ClN4O3/c1-23(2,3)14-17-13-21(29(27-17)15-18-8-7-11-31-18)26-22(30)19-12-16(25)9-10-20(19)32-28-24(4,5)6/h9-10,12-13,18,27-28H,7-8,11,14-15H2,1-6H3/t18-/m1/s1. The van der Waals surface area contributed by atoms with Crippen molar-refractivity contribution < 1.29 is 14.4 Å². The highest BCUT2D eigenvalue weighted by Gasteiger charge is 2.20. The maximum absolute atomic E-state index is 13.2. The van der Waals surface area contributed by atoms with E-state index in [1.54, 1.807) is 18.2 Å². The maximum Gasteiger partial charge on any atom is 0.282 e. The zero-order valence-electron chi connectivity index (χ0n) is 19.9. The Kier molecular flexibility index (Phi) is 7.53. The van der Waals surface area contributed by atoms with Crippen LogP contribution in [0.2, 0.25) is 5.02 Å². The molecule has 1 aromatic carbocycles. The molecule has 1 aromatic heterocycles. The van der Waals surface area contributed by atoms with Crippen LogP contribution < -0.4 is 15.8 Å². The molecule has 1 saturated heterocycles. The van der Waals surface area contributed by atoms with Crippen LogP contribution in [-0.4, -0.2) is 33.9 Å². The van der Waals surface area contributed by atoms with Gasteiger partial charge in [-0.15, -0.1) is 0 Å². The summed E-state index contributed by atoms with van der Waals surface area (Å²) in [6, 6.07) is 6.89. The molecular weight excluding hydrogens is 428 g/mol. The van der Waals surface area contributed by atoms with Gasteiger partial charge in [0.25, 0.3) is 5.91 Å². The first-order valence-electron chi connectivity index (χ1n) is 11.1. The number of nitrogens with zero attached hydrogens (tertiary/aromatic N) is 2. The van der Waals surface area contributed by atoms with Gasteiger partial charge in [-0.2, -0.15) is 10.5 Å². The summed E-state index contributed by atoms with van der Waals surface area (Å²) in [6.45, 7) is 13.9. The summed E-state index contributed by atoms with van der Waals surface area (Å²) < 4.78 is 7.71. The second-order valence-corrected chi connectivity index (χ2v) is 11.1. The van der Waals surface area contributed by atoms with E-state index in [4.69, 9.17) is 21.2 Å². The number of halogens is 1. The molecule has 2 heterocycles. The van der Waals surface area contributed by atoms with Gasteiger partial charge in [0.15, 0.2) is 11.2 Å². The van der Waals surface area contributed by atoms with Gasteiger partial charge in [0.05, 0.1) is 18.2 Å². The van der Waals surface area contributed by atoms with Crippen LogP contribution in [0.1, 0.15) is 70.4 Å². The average Bonchev–Trinajstić information content (AvgIpc) is 3.29. The molecule has 32 heavy (non-hydrogen) atoms. The minimum Gasteiger partial charge on any atom is -0.407 e. The molecule has 1 fully saturated rings. The van der Waals surface area contributed by atoms with E-state index in [-0.39, 0.29) is 17.1 Å². The van der Waals surface area contributed by atoms with Crippen molar-refractivity contribution in [1.29, 1.82) is 0 Å². The molecule has 0 bridgehead atoms. The van der Waals surface area contributed by atoms with Gasteiger partial charge in [-0.3, -0.25) is 9.48 Å². The Hall–Kier alpha value is -2.09. The lowest BCUT2D eigenvalue weighted by Crippen LogP contribution is -2.38. The molecule has 0 radical (unpaired) electrons. The lowest BCUT2D eigenvalue weighted by atomic mass is 9.91. The van der Waals surface area contributed by atoms with Gasteiger partial charge in [-0.25, -0.2) is 0 Å². The predicted octanol–water partition coefficient (Wildman–Crippen LogP) is 4.66. The smallest absolute Gasteiger partial charge is 0.282 e. The van der Waals surface area contributed by atoms with E-state index in [1.165, 1.54) is 0 Å². The first-order valence-corrected chi connectivity index (χ1v) is 11.5. The molecule has 0 saturated carbocycles. The highest BCUT2D eigenvalue weighted by Crippen LogP contribution is 2.24. The second kappa shape index (κ2) is 9.81. The number of aromatic amines is 1. The van der Waals surface area contributed by atoms with Crippen LogP contribution in [0, 0.1) is 5.41 Å². The van der Waals surface area contributed by atoms with Crippen molar-refractivity contribution in [3.8, 4) is 5.75 Å². The summed E-state index contributed by atoms with van der Waals surface area (Å²) in [7, 11) is 0. The number of H-pyrrole nitrogens is 1. The van der Waals surface area contributed by atoms with Crippen molar-refractivity contribution in [2.24, 2.45) is 10.4 Å². The molecule has 0 spiro atoms. The number of rotatable bonds is 6. The fourth-order valence-corrected chi connectivity index (χ4v) is 3.69.